The summed E-state index contributed by atoms with van der Waals surface area (Å²) in [6, 6.07) is 15.8. The minimum absolute atomic E-state index is 0.809. The molecule has 0 fully saturated rings. The van der Waals surface area contributed by atoms with E-state index in [0.29, 0.717) is 0 Å². The van der Waals surface area contributed by atoms with Crippen LogP contribution in [0.15, 0.2) is 58.0 Å². The second-order valence-corrected chi connectivity index (χ2v) is 5.48. The maximum Gasteiger partial charge on any atom is 0.138 e. The largest absolute Gasteiger partial charge is 0.457 e. The van der Waals surface area contributed by atoms with Crippen LogP contribution in [0.25, 0.3) is 0 Å². The van der Waals surface area contributed by atoms with Crippen molar-refractivity contribution in [3.8, 4) is 11.5 Å². The molecule has 2 aromatic rings. The molecule has 0 bridgehead atoms. The molecule has 0 aromatic heterocycles. The highest BCUT2D eigenvalue weighted by Gasteiger charge is 2.12. The predicted molar refractivity (Wildman–Crippen MR) is 84.7 cm³/mol. The molecule has 3 nitrogen and oxygen atoms in total. The SMILES string of the molecule is Brc1cccc(Oc2ccccc2C2=NCCCN2)c1. The lowest BCUT2D eigenvalue weighted by atomic mass is 10.1. The molecule has 3 rings (SSSR count). The summed E-state index contributed by atoms with van der Waals surface area (Å²) in [5, 5.41) is 3.33. The smallest absolute Gasteiger partial charge is 0.138 e. The molecular formula is C16H15BrN2O. The number of hydrogen-bond acceptors (Lipinski definition) is 3. The predicted octanol–water partition coefficient (Wildman–Crippen LogP) is 3.98. The standard InChI is InChI=1S/C16H15BrN2O/c17-12-5-3-6-13(11-12)20-15-8-2-1-7-14(15)16-18-9-4-10-19-16/h1-3,5-8,11H,4,9-10H2,(H,18,19). The fourth-order valence-corrected chi connectivity index (χ4v) is 2.50. The number of rotatable bonds is 3. The maximum atomic E-state index is 5.99. The average molecular weight is 331 g/mol. The summed E-state index contributed by atoms with van der Waals surface area (Å²) in [4.78, 5) is 4.54. The van der Waals surface area contributed by atoms with Gasteiger partial charge < -0.3 is 10.1 Å². The minimum atomic E-state index is 0.809. The van der Waals surface area contributed by atoms with E-state index in [-0.39, 0.29) is 0 Å². The first-order valence-corrected chi connectivity index (χ1v) is 7.43. The normalized spacial score (nSPS) is 14.3. The maximum absolute atomic E-state index is 5.99. The zero-order valence-corrected chi connectivity index (χ0v) is 12.6. The number of hydrogen-bond donors (Lipinski definition) is 1. The number of benzene rings is 2. The van der Waals surface area contributed by atoms with Crippen LogP contribution >= 0.6 is 15.9 Å². The average Bonchev–Trinajstić information content (AvgIpc) is 2.49. The van der Waals surface area contributed by atoms with Crippen LogP contribution in [0.1, 0.15) is 12.0 Å². The van der Waals surface area contributed by atoms with Gasteiger partial charge in [0.25, 0.3) is 0 Å². The topological polar surface area (TPSA) is 33.6 Å². The van der Waals surface area contributed by atoms with Crippen molar-refractivity contribution in [2.24, 2.45) is 4.99 Å². The Hall–Kier alpha value is -1.81. The second-order valence-electron chi connectivity index (χ2n) is 4.57. The first kappa shape index (κ1) is 13.2. The zero-order valence-electron chi connectivity index (χ0n) is 11.0. The Morgan fingerprint density at radius 3 is 2.80 bits per heavy atom. The fraction of sp³-hybridized carbons (Fsp3) is 0.188. The lowest BCUT2D eigenvalue weighted by Gasteiger charge is -2.17. The van der Waals surface area contributed by atoms with Crippen molar-refractivity contribution >= 4 is 21.8 Å². The van der Waals surface area contributed by atoms with Gasteiger partial charge in [-0.3, -0.25) is 4.99 Å². The fourth-order valence-electron chi connectivity index (χ4n) is 2.12. The van der Waals surface area contributed by atoms with Crippen molar-refractivity contribution in [2.75, 3.05) is 13.1 Å². The Morgan fingerprint density at radius 2 is 2.00 bits per heavy atom. The van der Waals surface area contributed by atoms with E-state index >= 15 is 0 Å². The van der Waals surface area contributed by atoms with Crippen LogP contribution in [0.2, 0.25) is 0 Å². The molecule has 4 heteroatoms. The van der Waals surface area contributed by atoms with E-state index in [1.807, 2.05) is 48.5 Å². The summed E-state index contributed by atoms with van der Waals surface area (Å²) in [6.45, 7) is 1.83. The highest BCUT2D eigenvalue weighted by molar-refractivity contribution is 9.10. The lowest BCUT2D eigenvalue weighted by Crippen LogP contribution is -2.30. The van der Waals surface area contributed by atoms with Crippen molar-refractivity contribution < 1.29 is 4.74 Å². The van der Waals surface area contributed by atoms with Crippen molar-refractivity contribution in [2.45, 2.75) is 6.42 Å². The summed E-state index contributed by atoms with van der Waals surface area (Å²) < 4.78 is 6.99. The third-order valence-corrected chi connectivity index (χ3v) is 3.56. The summed E-state index contributed by atoms with van der Waals surface area (Å²) in [5.41, 5.74) is 1.01. The van der Waals surface area contributed by atoms with Crippen LogP contribution in [0.4, 0.5) is 0 Å². The number of nitrogens with one attached hydrogen (secondary N) is 1. The number of aliphatic imine (C=N–C) groups is 1. The highest BCUT2D eigenvalue weighted by atomic mass is 79.9. The van der Waals surface area contributed by atoms with Gasteiger partial charge in [-0.15, -0.1) is 0 Å². The van der Waals surface area contributed by atoms with Gasteiger partial charge in [0.1, 0.15) is 17.3 Å². The molecule has 1 aliphatic heterocycles. The molecule has 1 N–H and O–H groups in total. The Balaban J connectivity index is 1.92. The summed E-state index contributed by atoms with van der Waals surface area (Å²) in [7, 11) is 0. The molecule has 0 atom stereocenters. The zero-order chi connectivity index (χ0) is 13.8. The van der Waals surface area contributed by atoms with Gasteiger partial charge in [-0.25, -0.2) is 0 Å². The third kappa shape index (κ3) is 3.02. The number of ether oxygens (including phenoxy) is 1. The van der Waals surface area contributed by atoms with E-state index in [0.717, 1.165) is 46.9 Å². The van der Waals surface area contributed by atoms with Gasteiger partial charge >= 0.3 is 0 Å². The van der Waals surface area contributed by atoms with Gasteiger partial charge in [-0.05, 0) is 36.8 Å². The third-order valence-electron chi connectivity index (χ3n) is 3.06. The quantitative estimate of drug-likeness (QED) is 0.923. The van der Waals surface area contributed by atoms with E-state index < -0.39 is 0 Å². The van der Waals surface area contributed by atoms with Gasteiger partial charge in [-0.1, -0.05) is 34.1 Å². The lowest BCUT2D eigenvalue weighted by molar-refractivity contribution is 0.480. The van der Waals surface area contributed by atoms with Crippen molar-refractivity contribution in [1.29, 1.82) is 0 Å². The van der Waals surface area contributed by atoms with Crippen LogP contribution in [0.5, 0.6) is 11.5 Å². The van der Waals surface area contributed by atoms with Gasteiger partial charge in [0.2, 0.25) is 0 Å². The van der Waals surface area contributed by atoms with Crippen LogP contribution in [-0.4, -0.2) is 18.9 Å². The molecular weight excluding hydrogens is 316 g/mol. The first-order valence-electron chi connectivity index (χ1n) is 6.64. The first-order chi connectivity index (χ1) is 9.83. The van der Waals surface area contributed by atoms with Crippen molar-refractivity contribution in [1.82, 2.24) is 5.32 Å². The van der Waals surface area contributed by atoms with Crippen LogP contribution in [-0.2, 0) is 0 Å². The number of nitrogens with zero attached hydrogens (tertiary/aromatic N) is 1. The Bertz CT molecular complexity index is 640. The molecule has 0 aliphatic carbocycles. The van der Waals surface area contributed by atoms with Gasteiger partial charge in [0, 0.05) is 17.6 Å². The summed E-state index contributed by atoms with van der Waals surface area (Å²) >= 11 is 3.45. The molecule has 0 saturated carbocycles. The van der Waals surface area contributed by atoms with Crippen LogP contribution in [0, 0.1) is 0 Å². The van der Waals surface area contributed by atoms with Crippen LogP contribution in [0.3, 0.4) is 0 Å². The van der Waals surface area contributed by atoms with Gasteiger partial charge in [0.15, 0.2) is 0 Å². The Labute approximate surface area is 126 Å². The molecule has 0 spiro atoms. The molecule has 0 unspecified atom stereocenters. The minimum Gasteiger partial charge on any atom is -0.457 e. The molecule has 0 saturated heterocycles. The number of para-hydroxylation sites is 1. The molecule has 1 heterocycles. The van der Waals surface area contributed by atoms with E-state index in [1.165, 1.54) is 0 Å². The van der Waals surface area contributed by atoms with E-state index in [2.05, 4.69) is 26.2 Å². The summed E-state index contributed by atoms with van der Waals surface area (Å²) in [5.74, 6) is 2.55. The molecule has 0 amide bonds. The Morgan fingerprint density at radius 1 is 1.10 bits per heavy atom. The molecule has 102 valence electrons. The van der Waals surface area contributed by atoms with Crippen molar-refractivity contribution in [3.63, 3.8) is 0 Å². The second kappa shape index (κ2) is 6.09. The highest BCUT2D eigenvalue weighted by Crippen LogP contribution is 2.27. The summed E-state index contributed by atoms with van der Waals surface area (Å²) in [6.07, 6.45) is 1.08. The molecule has 1 aliphatic rings. The van der Waals surface area contributed by atoms with E-state index in [4.69, 9.17) is 4.74 Å². The van der Waals surface area contributed by atoms with Gasteiger partial charge in [0.05, 0.1) is 5.56 Å². The van der Waals surface area contributed by atoms with E-state index in [9.17, 15) is 0 Å². The monoisotopic (exact) mass is 330 g/mol. The molecule has 0 radical (unpaired) electrons. The number of amidine groups is 1. The van der Waals surface area contributed by atoms with Crippen molar-refractivity contribution in [3.05, 3.63) is 58.6 Å². The van der Waals surface area contributed by atoms with E-state index in [1.54, 1.807) is 0 Å². The van der Waals surface area contributed by atoms with Crippen LogP contribution < -0.4 is 10.1 Å². The number of halogens is 1. The Kier molecular flexibility index (Phi) is 4.02. The molecule has 20 heavy (non-hydrogen) atoms. The van der Waals surface area contributed by atoms with Gasteiger partial charge in [-0.2, -0.15) is 0 Å². The molecule has 2 aromatic carbocycles.